The highest BCUT2D eigenvalue weighted by Crippen LogP contribution is 2.34. The van der Waals surface area contributed by atoms with Crippen LogP contribution in [0.1, 0.15) is 46.0 Å². The molecule has 0 aromatic rings. The first-order chi connectivity index (χ1) is 7.74. The van der Waals surface area contributed by atoms with Crippen LogP contribution in [-0.4, -0.2) is 29.4 Å². The van der Waals surface area contributed by atoms with E-state index in [-0.39, 0.29) is 0 Å². The van der Waals surface area contributed by atoms with Crippen LogP contribution in [0, 0.1) is 5.92 Å². The molecule has 0 bridgehead atoms. The molecule has 1 rings (SSSR count). The number of hydrogen-bond acceptors (Lipinski definition) is 2. The SMILES string of the molecule is COCCO[SiH](CC(C)C)C1CCCCC1. The summed E-state index contributed by atoms with van der Waals surface area (Å²) in [5, 5.41) is 0. The van der Waals surface area contributed by atoms with Gasteiger partial charge in [-0.2, -0.15) is 0 Å². The summed E-state index contributed by atoms with van der Waals surface area (Å²) in [4.78, 5) is 0. The van der Waals surface area contributed by atoms with Gasteiger partial charge in [-0.15, -0.1) is 0 Å². The Balaban J connectivity index is 2.34. The number of ether oxygens (including phenoxy) is 1. The van der Waals surface area contributed by atoms with Crippen molar-refractivity contribution in [1.29, 1.82) is 0 Å². The third-order valence-corrected chi connectivity index (χ3v) is 7.29. The molecule has 3 heteroatoms. The van der Waals surface area contributed by atoms with Crippen molar-refractivity contribution >= 4 is 9.04 Å². The fraction of sp³-hybridized carbons (Fsp3) is 1.00. The van der Waals surface area contributed by atoms with Gasteiger partial charge in [0.25, 0.3) is 0 Å². The predicted octanol–water partition coefficient (Wildman–Crippen LogP) is 3.36. The van der Waals surface area contributed by atoms with E-state index >= 15 is 0 Å². The van der Waals surface area contributed by atoms with Gasteiger partial charge in [0.2, 0.25) is 0 Å². The summed E-state index contributed by atoms with van der Waals surface area (Å²) in [5.41, 5.74) is 0.938. The molecule has 0 amide bonds. The van der Waals surface area contributed by atoms with E-state index in [4.69, 9.17) is 9.16 Å². The van der Waals surface area contributed by atoms with Crippen LogP contribution in [0.2, 0.25) is 11.6 Å². The van der Waals surface area contributed by atoms with Crippen LogP contribution in [0.15, 0.2) is 0 Å². The maximum absolute atomic E-state index is 6.15. The monoisotopic (exact) mass is 244 g/mol. The van der Waals surface area contributed by atoms with E-state index < -0.39 is 9.04 Å². The minimum absolute atomic E-state index is 0.758. The first kappa shape index (κ1) is 14.2. The molecule has 0 radical (unpaired) electrons. The van der Waals surface area contributed by atoms with Crippen molar-refractivity contribution in [2.24, 2.45) is 5.92 Å². The molecule has 0 N–H and O–H groups in total. The summed E-state index contributed by atoms with van der Waals surface area (Å²) in [6.45, 7) is 6.22. The zero-order chi connectivity index (χ0) is 11.8. The zero-order valence-electron chi connectivity index (χ0n) is 11.2. The van der Waals surface area contributed by atoms with Crippen LogP contribution in [0.5, 0.6) is 0 Å². The topological polar surface area (TPSA) is 18.5 Å². The molecule has 0 heterocycles. The molecule has 0 spiro atoms. The van der Waals surface area contributed by atoms with Crippen LogP contribution in [0.4, 0.5) is 0 Å². The van der Waals surface area contributed by atoms with Gasteiger partial charge in [0.05, 0.1) is 13.2 Å². The Hall–Kier alpha value is 0.137. The summed E-state index contributed by atoms with van der Waals surface area (Å²) in [6, 6.07) is 1.34. The lowest BCUT2D eigenvalue weighted by Gasteiger charge is -2.30. The van der Waals surface area contributed by atoms with Crippen molar-refractivity contribution in [2.45, 2.75) is 57.5 Å². The molecule has 16 heavy (non-hydrogen) atoms. The summed E-state index contributed by atoms with van der Waals surface area (Å²) >= 11 is 0. The molecule has 0 aromatic carbocycles. The Morgan fingerprint density at radius 2 is 1.81 bits per heavy atom. The number of hydrogen-bond donors (Lipinski definition) is 0. The average molecular weight is 244 g/mol. The smallest absolute Gasteiger partial charge is 0.180 e. The van der Waals surface area contributed by atoms with E-state index in [1.54, 1.807) is 7.11 Å². The molecule has 1 unspecified atom stereocenters. The van der Waals surface area contributed by atoms with Crippen LogP contribution in [0.25, 0.3) is 0 Å². The predicted molar refractivity (Wildman–Crippen MR) is 71.5 cm³/mol. The second-order valence-corrected chi connectivity index (χ2v) is 8.25. The molecule has 1 saturated carbocycles. The first-order valence-corrected chi connectivity index (χ1v) is 8.80. The molecular weight excluding hydrogens is 216 g/mol. The van der Waals surface area contributed by atoms with Crippen molar-refractivity contribution in [3.8, 4) is 0 Å². The second-order valence-electron chi connectivity index (χ2n) is 5.43. The average Bonchev–Trinajstić information content (AvgIpc) is 2.29. The first-order valence-electron chi connectivity index (χ1n) is 6.84. The second kappa shape index (κ2) is 8.26. The van der Waals surface area contributed by atoms with E-state index in [2.05, 4.69) is 13.8 Å². The van der Waals surface area contributed by atoms with Gasteiger partial charge < -0.3 is 9.16 Å². The summed E-state index contributed by atoms with van der Waals surface area (Å²) in [6.07, 6.45) is 7.16. The molecule has 96 valence electrons. The molecule has 0 saturated heterocycles. The van der Waals surface area contributed by atoms with Crippen molar-refractivity contribution in [2.75, 3.05) is 20.3 Å². The van der Waals surface area contributed by atoms with Crippen molar-refractivity contribution in [3.63, 3.8) is 0 Å². The fourth-order valence-electron chi connectivity index (χ4n) is 2.65. The maximum Gasteiger partial charge on any atom is 0.180 e. The summed E-state index contributed by atoms with van der Waals surface area (Å²) in [5.74, 6) is 0.793. The molecule has 1 fully saturated rings. The lowest BCUT2D eigenvalue weighted by molar-refractivity contribution is 0.142. The highest BCUT2D eigenvalue weighted by Gasteiger charge is 2.26. The van der Waals surface area contributed by atoms with Crippen molar-refractivity contribution in [1.82, 2.24) is 0 Å². The maximum atomic E-state index is 6.15. The minimum Gasteiger partial charge on any atom is -0.417 e. The van der Waals surface area contributed by atoms with Gasteiger partial charge in [0.1, 0.15) is 0 Å². The fourth-order valence-corrected chi connectivity index (χ4v) is 5.99. The van der Waals surface area contributed by atoms with E-state index in [0.29, 0.717) is 0 Å². The Bertz CT molecular complexity index is 167. The van der Waals surface area contributed by atoms with E-state index in [1.807, 2.05) is 0 Å². The Labute approximate surface area is 102 Å². The van der Waals surface area contributed by atoms with Gasteiger partial charge in [0, 0.05) is 7.11 Å². The Morgan fingerprint density at radius 3 is 2.38 bits per heavy atom. The highest BCUT2D eigenvalue weighted by atomic mass is 28.3. The van der Waals surface area contributed by atoms with Gasteiger partial charge in [0.15, 0.2) is 9.04 Å². The zero-order valence-corrected chi connectivity index (χ0v) is 12.4. The Kier molecular flexibility index (Phi) is 7.33. The van der Waals surface area contributed by atoms with E-state index in [0.717, 1.165) is 24.7 Å². The highest BCUT2D eigenvalue weighted by molar-refractivity contribution is 6.53. The molecular formula is C13H28O2Si. The number of rotatable bonds is 7. The quantitative estimate of drug-likeness (QED) is 0.505. The Morgan fingerprint density at radius 1 is 1.12 bits per heavy atom. The molecule has 1 atom stereocenters. The molecule has 1 aliphatic rings. The van der Waals surface area contributed by atoms with Gasteiger partial charge in [-0.3, -0.25) is 0 Å². The molecule has 0 aromatic heterocycles. The van der Waals surface area contributed by atoms with E-state index in [1.165, 1.54) is 38.1 Å². The molecule has 1 aliphatic carbocycles. The standard InChI is InChI=1S/C13H28O2Si/c1-12(2)11-16(15-10-9-14-3)13-7-5-4-6-8-13/h12-13,16H,4-11H2,1-3H3. The van der Waals surface area contributed by atoms with E-state index in [9.17, 15) is 0 Å². The molecule has 2 nitrogen and oxygen atoms in total. The van der Waals surface area contributed by atoms with Gasteiger partial charge in [-0.05, 0) is 17.5 Å². The minimum atomic E-state index is -0.985. The summed E-state index contributed by atoms with van der Waals surface area (Å²) < 4.78 is 11.2. The van der Waals surface area contributed by atoms with Crippen LogP contribution in [-0.2, 0) is 9.16 Å². The third-order valence-electron chi connectivity index (χ3n) is 3.50. The van der Waals surface area contributed by atoms with Crippen LogP contribution in [0.3, 0.4) is 0 Å². The van der Waals surface area contributed by atoms with Crippen molar-refractivity contribution in [3.05, 3.63) is 0 Å². The third kappa shape index (κ3) is 5.46. The van der Waals surface area contributed by atoms with Gasteiger partial charge >= 0.3 is 0 Å². The van der Waals surface area contributed by atoms with Crippen LogP contribution < -0.4 is 0 Å². The van der Waals surface area contributed by atoms with Crippen molar-refractivity contribution < 1.29 is 9.16 Å². The largest absolute Gasteiger partial charge is 0.417 e. The molecule has 0 aliphatic heterocycles. The summed E-state index contributed by atoms with van der Waals surface area (Å²) in [7, 11) is 0.768. The van der Waals surface area contributed by atoms with Crippen LogP contribution >= 0.6 is 0 Å². The lowest BCUT2D eigenvalue weighted by Crippen LogP contribution is -2.29. The van der Waals surface area contributed by atoms with Gasteiger partial charge in [-0.25, -0.2) is 0 Å². The number of methoxy groups -OCH3 is 1. The lowest BCUT2D eigenvalue weighted by atomic mass is 10.0. The normalized spacial score (nSPS) is 20.2. The van der Waals surface area contributed by atoms with Gasteiger partial charge in [-0.1, -0.05) is 46.0 Å².